The van der Waals surface area contributed by atoms with Crippen molar-refractivity contribution in [1.82, 2.24) is 5.32 Å². The Hall–Kier alpha value is -0.910. The molecule has 1 unspecified atom stereocenters. The van der Waals surface area contributed by atoms with Crippen LogP contribution in [0.15, 0.2) is 16.8 Å². The first-order valence-corrected chi connectivity index (χ1v) is 7.26. The molecule has 0 aliphatic heterocycles. The maximum Gasteiger partial charge on any atom is 0.220 e. The van der Waals surface area contributed by atoms with Crippen LogP contribution in [0.3, 0.4) is 0 Å². The Labute approximate surface area is 111 Å². The van der Waals surface area contributed by atoms with Crippen LogP contribution in [0, 0.1) is 5.41 Å². The summed E-state index contributed by atoms with van der Waals surface area (Å²) < 4.78 is 0. The van der Waals surface area contributed by atoms with Gasteiger partial charge in [0.2, 0.25) is 5.91 Å². The van der Waals surface area contributed by atoms with Crippen LogP contribution in [-0.2, 0) is 4.79 Å². The Morgan fingerprint density at radius 2 is 2.39 bits per heavy atom. The van der Waals surface area contributed by atoms with Crippen LogP contribution in [0.25, 0.3) is 0 Å². The van der Waals surface area contributed by atoms with Crippen molar-refractivity contribution in [1.29, 1.82) is 0 Å². The summed E-state index contributed by atoms with van der Waals surface area (Å²) in [5.74, 6) is -0.00516. The summed E-state index contributed by atoms with van der Waals surface area (Å²) in [6, 6.07) is 1.87. The standard InChI is InChI=1S/C13H20N2O2S/c14-9-13(3-1-4-13)6-12(17)15-7-11(16)10-2-5-18-8-10/h2,5,8,11,16H,1,3-4,6-7,9,14H2,(H,15,17). The zero-order valence-electron chi connectivity index (χ0n) is 10.4. The number of carbonyl (C=O) groups excluding carboxylic acids is 1. The second-order valence-corrected chi connectivity index (χ2v) is 5.89. The van der Waals surface area contributed by atoms with Gasteiger partial charge in [0.05, 0.1) is 6.10 Å². The van der Waals surface area contributed by atoms with Gasteiger partial charge in [0.15, 0.2) is 0 Å². The predicted molar refractivity (Wildman–Crippen MR) is 72.2 cm³/mol. The molecule has 1 aliphatic rings. The van der Waals surface area contributed by atoms with E-state index in [0.29, 0.717) is 13.0 Å². The second-order valence-electron chi connectivity index (χ2n) is 5.11. The molecule has 1 aromatic rings. The number of hydrogen-bond donors (Lipinski definition) is 3. The number of rotatable bonds is 6. The molecule has 1 atom stereocenters. The lowest BCUT2D eigenvalue weighted by Gasteiger charge is -2.40. The molecular weight excluding hydrogens is 248 g/mol. The van der Waals surface area contributed by atoms with Gasteiger partial charge < -0.3 is 16.2 Å². The average molecular weight is 268 g/mol. The van der Waals surface area contributed by atoms with Gasteiger partial charge in [-0.3, -0.25) is 4.79 Å². The Kier molecular flexibility index (Phi) is 4.37. The van der Waals surface area contributed by atoms with Crippen LogP contribution in [0.5, 0.6) is 0 Å². The molecule has 0 saturated heterocycles. The van der Waals surface area contributed by atoms with Crippen LogP contribution in [0.1, 0.15) is 37.4 Å². The highest BCUT2D eigenvalue weighted by atomic mass is 32.1. The van der Waals surface area contributed by atoms with Crippen molar-refractivity contribution in [2.75, 3.05) is 13.1 Å². The van der Waals surface area contributed by atoms with Crippen molar-refractivity contribution in [3.63, 3.8) is 0 Å². The van der Waals surface area contributed by atoms with E-state index in [-0.39, 0.29) is 17.9 Å². The smallest absolute Gasteiger partial charge is 0.220 e. The molecule has 1 aliphatic carbocycles. The molecule has 18 heavy (non-hydrogen) atoms. The van der Waals surface area contributed by atoms with E-state index in [9.17, 15) is 9.90 Å². The Balaban J connectivity index is 1.75. The number of nitrogens with two attached hydrogens (primary N) is 1. The molecule has 2 rings (SSSR count). The van der Waals surface area contributed by atoms with Crippen molar-refractivity contribution in [2.45, 2.75) is 31.8 Å². The van der Waals surface area contributed by atoms with E-state index >= 15 is 0 Å². The maximum absolute atomic E-state index is 11.8. The zero-order chi connectivity index (χ0) is 13.0. The molecule has 0 spiro atoms. The highest BCUT2D eigenvalue weighted by Crippen LogP contribution is 2.42. The lowest BCUT2D eigenvalue weighted by atomic mass is 9.66. The van der Waals surface area contributed by atoms with Crippen LogP contribution in [0.2, 0.25) is 0 Å². The average Bonchev–Trinajstić information content (AvgIpc) is 2.84. The van der Waals surface area contributed by atoms with Crippen molar-refractivity contribution in [3.8, 4) is 0 Å². The molecule has 0 aromatic carbocycles. The molecular formula is C13H20N2O2S. The monoisotopic (exact) mass is 268 g/mol. The van der Waals surface area contributed by atoms with Crippen molar-refractivity contribution < 1.29 is 9.90 Å². The van der Waals surface area contributed by atoms with Gasteiger partial charge in [-0.05, 0) is 47.2 Å². The van der Waals surface area contributed by atoms with Gasteiger partial charge in [-0.2, -0.15) is 11.3 Å². The number of aliphatic hydroxyl groups is 1. The first kappa shape index (κ1) is 13.5. The Morgan fingerprint density at radius 3 is 2.89 bits per heavy atom. The van der Waals surface area contributed by atoms with Crippen molar-refractivity contribution in [2.24, 2.45) is 11.1 Å². The first-order chi connectivity index (χ1) is 8.65. The topological polar surface area (TPSA) is 75.4 Å². The lowest BCUT2D eigenvalue weighted by molar-refractivity contribution is -0.125. The zero-order valence-corrected chi connectivity index (χ0v) is 11.2. The lowest BCUT2D eigenvalue weighted by Crippen LogP contribution is -2.42. The fourth-order valence-electron chi connectivity index (χ4n) is 2.33. The summed E-state index contributed by atoms with van der Waals surface area (Å²) >= 11 is 1.54. The number of hydrogen-bond acceptors (Lipinski definition) is 4. The minimum absolute atomic E-state index is 0.00516. The molecule has 1 fully saturated rings. The summed E-state index contributed by atoms with van der Waals surface area (Å²) in [5.41, 5.74) is 6.61. The summed E-state index contributed by atoms with van der Waals surface area (Å²) in [6.07, 6.45) is 3.13. The molecule has 1 amide bonds. The number of thiophene rings is 1. The quantitative estimate of drug-likeness (QED) is 0.730. The SMILES string of the molecule is NCC1(CC(=O)NCC(O)c2ccsc2)CCC1. The van der Waals surface area contributed by atoms with E-state index in [1.54, 1.807) is 0 Å². The van der Waals surface area contributed by atoms with Gasteiger partial charge in [0.1, 0.15) is 0 Å². The van der Waals surface area contributed by atoms with Gasteiger partial charge in [0.25, 0.3) is 0 Å². The number of nitrogens with one attached hydrogen (secondary N) is 1. The third-order valence-electron chi connectivity index (χ3n) is 3.80. The van der Waals surface area contributed by atoms with Gasteiger partial charge in [-0.25, -0.2) is 0 Å². The first-order valence-electron chi connectivity index (χ1n) is 6.32. The Bertz CT molecular complexity index is 382. The third kappa shape index (κ3) is 3.10. The van der Waals surface area contributed by atoms with E-state index in [1.807, 2.05) is 16.8 Å². The van der Waals surface area contributed by atoms with Gasteiger partial charge in [-0.1, -0.05) is 6.42 Å². The van der Waals surface area contributed by atoms with Crippen molar-refractivity contribution >= 4 is 17.2 Å². The third-order valence-corrected chi connectivity index (χ3v) is 4.50. The van der Waals surface area contributed by atoms with Crippen molar-refractivity contribution in [3.05, 3.63) is 22.4 Å². The van der Waals surface area contributed by atoms with Crippen LogP contribution in [-0.4, -0.2) is 24.1 Å². The predicted octanol–water partition coefficient (Wildman–Crippen LogP) is 1.42. The second kappa shape index (κ2) is 5.82. The van der Waals surface area contributed by atoms with Crippen LogP contribution >= 0.6 is 11.3 Å². The largest absolute Gasteiger partial charge is 0.387 e. The molecule has 4 nitrogen and oxygen atoms in total. The molecule has 1 aromatic heterocycles. The highest BCUT2D eigenvalue weighted by molar-refractivity contribution is 7.07. The molecule has 1 saturated carbocycles. The molecule has 100 valence electrons. The van der Waals surface area contributed by atoms with Crippen LogP contribution < -0.4 is 11.1 Å². The highest BCUT2D eigenvalue weighted by Gasteiger charge is 2.37. The summed E-state index contributed by atoms with van der Waals surface area (Å²) in [7, 11) is 0. The van der Waals surface area contributed by atoms with Gasteiger partial charge in [0, 0.05) is 13.0 Å². The maximum atomic E-state index is 11.8. The minimum Gasteiger partial charge on any atom is -0.387 e. The van der Waals surface area contributed by atoms with E-state index < -0.39 is 6.10 Å². The summed E-state index contributed by atoms with van der Waals surface area (Å²) in [4.78, 5) is 11.8. The summed E-state index contributed by atoms with van der Waals surface area (Å²) in [6.45, 7) is 0.851. The normalized spacial score (nSPS) is 19.0. The van der Waals surface area contributed by atoms with Gasteiger partial charge in [-0.15, -0.1) is 0 Å². The molecule has 1 heterocycles. The molecule has 0 bridgehead atoms. The van der Waals surface area contributed by atoms with Gasteiger partial charge >= 0.3 is 0 Å². The van der Waals surface area contributed by atoms with E-state index in [4.69, 9.17) is 5.73 Å². The molecule has 0 radical (unpaired) electrons. The molecule has 4 N–H and O–H groups in total. The fourth-order valence-corrected chi connectivity index (χ4v) is 3.03. The van der Waals surface area contributed by atoms with E-state index in [2.05, 4.69) is 5.32 Å². The fraction of sp³-hybridized carbons (Fsp3) is 0.615. The number of amides is 1. The number of carbonyl (C=O) groups is 1. The summed E-state index contributed by atoms with van der Waals surface area (Å²) in [5, 5.41) is 16.4. The molecule has 5 heteroatoms. The Morgan fingerprint density at radius 1 is 1.61 bits per heavy atom. The number of aliphatic hydroxyl groups excluding tert-OH is 1. The minimum atomic E-state index is -0.615. The van der Waals surface area contributed by atoms with E-state index in [0.717, 1.165) is 18.4 Å². The van der Waals surface area contributed by atoms with Crippen LogP contribution in [0.4, 0.5) is 0 Å². The van der Waals surface area contributed by atoms with E-state index in [1.165, 1.54) is 17.8 Å².